The second kappa shape index (κ2) is 5.34. The lowest BCUT2D eigenvalue weighted by Gasteiger charge is -2.25. The van der Waals surface area contributed by atoms with Crippen LogP contribution in [0.4, 0.5) is 0 Å². The van der Waals surface area contributed by atoms with Crippen LogP contribution in [0.5, 0.6) is 11.8 Å². The third-order valence-corrected chi connectivity index (χ3v) is 2.27. The molecule has 0 fully saturated rings. The van der Waals surface area contributed by atoms with Crippen LogP contribution in [-0.2, 0) is 4.79 Å². The van der Waals surface area contributed by atoms with E-state index in [0.29, 0.717) is 5.75 Å². The molecule has 0 aliphatic rings. The van der Waals surface area contributed by atoms with Gasteiger partial charge in [-0.15, -0.1) is 0 Å². The Morgan fingerprint density at radius 2 is 1.74 bits per heavy atom. The van der Waals surface area contributed by atoms with Gasteiger partial charge in [-0.2, -0.15) is 0 Å². The van der Waals surface area contributed by atoms with Crippen molar-refractivity contribution in [3.8, 4) is 11.8 Å². The Kier molecular flexibility index (Phi) is 3.61. The Balaban J connectivity index is 2.21. The average Bonchev–Trinajstić information content (AvgIpc) is 2.40. The van der Waals surface area contributed by atoms with Gasteiger partial charge in [-0.3, -0.25) is 0 Å². The van der Waals surface area contributed by atoms with Crippen LogP contribution in [0.15, 0.2) is 48.8 Å². The number of hydrogen-bond acceptors (Lipinski definition) is 5. The zero-order valence-corrected chi connectivity index (χ0v) is 10.2. The molecule has 1 unspecified atom stereocenters. The SMILES string of the molecule is CC(Oc1ccccc1)(Oc1ncccn1)C(=O)O. The van der Waals surface area contributed by atoms with E-state index in [4.69, 9.17) is 9.47 Å². The number of carboxylic acid groups (broad SMARTS) is 1. The summed E-state index contributed by atoms with van der Waals surface area (Å²) in [6.07, 6.45) is 2.90. The predicted molar refractivity (Wildman–Crippen MR) is 65.8 cm³/mol. The first kappa shape index (κ1) is 12.8. The monoisotopic (exact) mass is 260 g/mol. The molecule has 0 saturated carbocycles. The molecule has 0 bridgehead atoms. The summed E-state index contributed by atoms with van der Waals surface area (Å²) in [7, 11) is 0. The zero-order valence-electron chi connectivity index (χ0n) is 10.2. The van der Waals surface area contributed by atoms with Gasteiger partial charge in [-0.05, 0) is 18.2 Å². The molecule has 6 nitrogen and oxygen atoms in total. The van der Waals surface area contributed by atoms with Crippen LogP contribution >= 0.6 is 0 Å². The number of rotatable bonds is 5. The highest BCUT2D eigenvalue weighted by Gasteiger charge is 2.39. The topological polar surface area (TPSA) is 81.5 Å². The van der Waals surface area contributed by atoms with Crippen molar-refractivity contribution in [1.82, 2.24) is 9.97 Å². The normalized spacial score (nSPS) is 13.3. The van der Waals surface area contributed by atoms with Crippen LogP contribution in [-0.4, -0.2) is 26.8 Å². The molecule has 1 N–H and O–H groups in total. The first-order chi connectivity index (χ1) is 9.10. The highest BCUT2D eigenvalue weighted by Crippen LogP contribution is 2.20. The van der Waals surface area contributed by atoms with Crippen molar-refractivity contribution < 1.29 is 19.4 Å². The lowest BCUT2D eigenvalue weighted by Crippen LogP contribution is -2.47. The van der Waals surface area contributed by atoms with Gasteiger partial charge in [0, 0.05) is 19.3 Å². The first-order valence-corrected chi connectivity index (χ1v) is 5.54. The number of carboxylic acids is 1. The molecule has 6 heteroatoms. The minimum atomic E-state index is -1.90. The molecule has 1 heterocycles. The molecular weight excluding hydrogens is 248 g/mol. The van der Waals surface area contributed by atoms with E-state index in [-0.39, 0.29) is 6.01 Å². The zero-order chi connectivity index (χ0) is 13.7. The first-order valence-electron chi connectivity index (χ1n) is 5.54. The number of para-hydroxylation sites is 1. The number of aromatic nitrogens is 2. The number of ether oxygens (including phenoxy) is 2. The van der Waals surface area contributed by atoms with Crippen molar-refractivity contribution in [2.75, 3.05) is 0 Å². The summed E-state index contributed by atoms with van der Waals surface area (Å²) >= 11 is 0. The fourth-order valence-corrected chi connectivity index (χ4v) is 1.33. The highest BCUT2D eigenvalue weighted by molar-refractivity contribution is 5.76. The molecule has 0 spiro atoms. The predicted octanol–water partition coefficient (Wildman–Crippen LogP) is 1.74. The fraction of sp³-hybridized carbons (Fsp3) is 0.154. The molecule has 0 radical (unpaired) electrons. The molecule has 98 valence electrons. The number of benzene rings is 1. The minimum absolute atomic E-state index is 0.0664. The van der Waals surface area contributed by atoms with Gasteiger partial charge in [0.2, 0.25) is 0 Å². The summed E-state index contributed by atoms with van der Waals surface area (Å²) < 4.78 is 10.6. The van der Waals surface area contributed by atoms with Gasteiger partial charge < -0.3 is 14.6 Å². The third kappa shape index (κ3) is 3.19. The van der Waals surface area contributed by atoms with Crippen LogP contribution in [0.1, 0.15) is 6.92 Å². The van der Waals surface area contributed by atoms with E-state index >= 15 is 0 Å². The number of aliphatic carboxylic acids is 1. The number of nitrogens with zero attached hydrogens (tertiary/aromatic N) is 2. The van der Waals surface area contributed by atoms with Gasteiger partial charge in [0.15, 0.2) is 0 Å². The molecule has 1 atom stereocenters. The summed E-state index contributed by atoms with van der Waals surface area (Å²) in [5.74, 6) is -2.80. The maximum absolute atomic E-state index is 11.3. The molecule has 0 saturated heterocycles. The van der Waals surface area contributed by atoms with Gasteiger partial charge in [0.25, 0.3) is 0 Å². The van der Waals surface area contributed by atoms with E-state index < -0.39 is 11.8 Å². The summed E-state index contributed by atoms with van der Waals surface area (Å²) in [5.41, 5.74) is 0. The van der Waals surface area contributed by atoms with Gasteiger partial charge in [-0.1, -0.05) is 18.2 Å². The van der Waals surface area contributed by atoms with Crippen LogP contribution < -0.4 is 9.47 Å². The molecule has 19 heavy (non-hydrogen) atoms. The molecule has 2 aromatic rings. The molecule has 0 amide bonds. The van der Waals surface area contributed by atoms with Crippen molar-refractivity contribution in [2.24, 2.45) is 0 Å². The largest absolute Gasteiger partial charge is 0.475 e. The van der Waals surface area contributed by atoms with E-state index in [1.54, 1.807) is 36.4 Å². The van der Waals surface area contributed by atoms with Gasteiger partial charge in [0.05, 0.1) is 0 Å². The van der Waals surface area contributed by atoms with Crippen molar-refractivity contribution in [1.29, 1.82) is 0 Å². The average molecular weight is 260 g/mol. The minimum Gasteiger partial charge on any atom is -0.475 e. The summed E-state index contributed by atoms with van der Waals surface area (Å²) in [5, 5.41) is 9.25. The van der Waals surface area contributed by atoms with E-state index in [1.165, 1.54) is 19.3 Å². The van der Waals surface area contributed by atoms with Crippen LogP contribution in [0, 0.1) is 0 Å². The lowest BCUT2D eigenvalue weighted by atomic mass is 10.3. The van der Waals surface area contributed by atoms with Crippen LogP contribution in [0.3, 0.4) is 0 Å². The lowest BCUT2D eigenvalue weighted by molar-refractivity contribution is -0.182. The standard InChI is InChI=1S/C13H12N2O4/c1-13(11(16)17,18-10-6-3-2-4-7-10)19-12-14-8-5-9-15-12/h2-9H,1H3,(H,16,17). The maximum atomic E-state index is 11.3. The Morgan fingerprint density at radius 1 is 1.11 bits per heavy atom. The van der Waals surface area contributed by atoms with Crippen molar-refractivity contribution in [3.63, 3.8) is 0 Å². The quantitative estimate of drug-likeness (QED) is 0.824. The van der Waals surface area contributed by atoms with Crippen LogP contribution in [0.2, 0.25) is 0 Å². The summed E-state index contributed by atoms with van der Waals surface area (Å²) in [6.45, 7) is 1.29. The van der Waals surface area contributed by atoms with Gasteiger partial charge >= 0.3 is 17.8 Å². The van der Waals surface area contributed by atoms with E-state index in [0.717, 1.165) is 0 Å². The third-order valence-electron chi connectivity index (χ3n) is 2.27. The van der Waals surface area contributed by atoms with Gasteiger partial charge in [0.1, 0.15) is 5.75 Å². The number of carbonyl (C=O) groups is 1. The summed E-state index contributed by atoms with van der Waals surface area (Å²) in [6, 6.07) is 10.1. The molecular formula is C13H12N2O4. The fourth-order valence-electron chi connectivity index (χ4n) is 1.33. The Morgan fingerprint density at radius 3 is 2.32 bits per heavy atom. The molecule has 0 aliphatic heterocycles. The van der Waals surface area contributed by atoms with Crippen molar-refractivity contribution in [3.05, 3.63) is 48.8 Å². The van der Waals surface area contributed by atoms with Crippen molar-refractivity contribution >= 4 is 5.97 Å². The molecule has 2 rings (SSSR count). The smallest absolute Gasteiger partial charge is 0.390 e. The van der Waals surface area contributed by atoms with Crippen LogP contribution in [0.25, 0.3) is 0 Å². The molecule has 1 aromatic heterocycles. The molecule has 0 aliphatic carbocycles. The summed E-state index contributed by atoms with van der Waals surface area (Å²) in [4.78, 5) is 18.9. The maximum Gasteiger partial charge on any atom is 0.390 e. The molecule has 1 aromatic carbocycles. The Bertz CT molecular complexity index is 504. The number of hydrogen-bond donors (Lipinski definition) is 1. The van der Waals surface area contributed by atoms with Crippen molar-refractivity contribution in [2.45, 2.75) is 12.7 Å². The van der Waals surface area contributed by atoms with E-state index in [9.17, 15) is 9.90 Å². The van der Waals surface area contributed by atoms with E-state index in [2.05, 4.69) is 9.97 Å². The second-order valence-electron chi connectivity index (χ2n) is 3.80. The Hall–Kier alpha value is -2.63. The Labute approximate surface area is 109 Å². The van der Waals surface area contributed by atoms with Gasteiger partial charge in [-0.25, -0.2) is 14.8 Å². The van der Waals surface area contributed by atoms with E-state index in [1.807, 2.05) is 0 Å². The highest BCUT2D eigenvalue weighted by atomic mass is 16.7. The second-order valence-corrected chi connectivity index (χ2v) is 3.80.